The lowest BCUT2D eigenvalue weighted by atomic mass is 9.94. The topological polar surface area (TPSA) is 46.8 Å². The van der Waals surface area contributed by atoms with Crippen molar-refractivity contribution < 1.29 is 0 Å². The largest absolute Gasteiger partial charge is 0.333 e. The van der Waals surface area contributed by atoms with Crippen LogP contribution in [0, 0.1) is 6.92 Å². The summed E-state index contributed by atoms with van der Waals surface area (Å²) >= 11 is 0. The normalized spacial score (nSPS) is 20.2. The lowest BCUT2D eigenvalue weighted by Gasteiger charge is -2.29. The first-order chi connectivity index (χ1) is 9.63. The number of piperidine rings is 1. The zero-order valence-electron chi connectivity index (χ0n) is 12.4. The van der Waals surface area contributed by atoms with Crippen LogP contribution in [-0.4, -0.2) is 44.6 Å². The van der Waals surface area contributed by atoms with Gasteiger partial charge in [-0.25, -0.2) is 15.0 Å². The van der Waals surface area contributed by atoms with E-state index in [9.17, 15) is 0 Å². The van der Waals surface area contributed by atoms with Gasteiger partial charge in [0.1, 0.15) is 11.5 Å². The van der Waals surface area contributed by atoms with Crippen LogP contribution in [-0.2, 0) is 7.05 Å². The first kappa shape index (κ1) is 13.2. The van der Waals surface area contributed by atoms with Gasteiger partial charge < -0.3 is 9.47 Å². The van der Waals surface area contributed by atoms with Gasteiger partial charge in [-0.05, 0) is 39.4 Å². The molecule has 0 aromatic carbocycles. The van der Waals surface area contributed by atoms with Gasteiger partial charge >= 0.3 is 0 Å². The van der Waals surface area contributed by atoms with Crippen LogP contribution in [0.1, 0.15) is 30.3 Å². The summed E-state index contributed by atoms with van der Waals surface area (Å²) in [5.74, 6) is 2.24. The maximum atomic E-state index is 4.66. The molecule has 1 aliphatic rings. The van der Waals surface area contributed by atoms with Crippen molar-refractivity contribution in [1.29, 1.82) is 0 Å². The summed E-state index contributed by atoms with van der Waals surface area (Å²) in [5, 5.41) is 0. The van der Waals surface area contributed by atoms with Crippen LogP contribution in [0.3, 0.4) is 0 Å². The Labute approximate surface area is 119 Å². The molecule has 3 heterocycles. The summed E-state index contributed by atoms with van der Waals surface area (Å²) in [5.41, 5.74) is 2.08. The minimum atomic E-state index is 0.509. The van der Waals surface area contributed by atoms with Gasteiger partial charge in [0.2, 0.25) is 0 Å². The van der Waals surface area contributed by atoms with Crippen molar-refractivity contribution >= 4 is 0 Å². The summed E-state index contributed by atoms with van der Waals surface area (Å²) in [6, 6.07) is 2.11. The van der Waals surface area contributed by atoms with Gasteiger partial charge in [-0.2, -0.15) is 0 Å². The van der Waals surface area contributed by atoms with E-state index in [-0.39, 0.29) is 0 Å². The minimum absolute atomic E-state index is 0.509. The summed E-state index contributed by atoms with van der Waals surface area (Å²) in [6.45, 7) is 4.23. The Morgan fingerprint density at radius 2 is 2.10 bits per heavy atom. The summed E-state index contributed by atoms with van der Waals surface area (Å²) < 4.78 is 2.00. The van der Waals surface area contributed by atoms with E-state index in [0.717, 1.165) is 29.6 Å². The Balaban J connectivity index is 1.96. The van der Waals surface area contributed by atoms with Crippen molar-refractivity contribution in [3.63, 3.8) is 0 Å². The van der Waals surface area contributed by atoms with Crippen molar-refractivity contribution in [1.82, 2.24) is 24.4 Å². The summed E-state index contributed by atoms with van der Waals surface area (Å²) in [4.78, 5) is 16.0. The average Bonchev–Trinajstić information content (AvgIpc) is 2.84. The number of hydrogen-bond donors (Lipinski definition) is 0. The maximum Gasteiger partial charge on any atom is 0.158 e. The van der Waals surface area contributed by atoms with Crippen molar-refractivity contribution in [2.45, 2.75) is 25.7 Å². The third-order valence-electron chi connectivity index (χ3n) is 3.95. The molecule has 106 valence electrons. The molecule has 20 heavy (non-hydrogen) atoms. The van der Waals surface area contributed by atoms with Crippen molar-refractivity contribution in [2.75, 3.05) is 20.1 Å². The first-order valence-electron chi connectivity index (χ1n) is 7.15. The van der Waals surface area contributed by atoms with Crippen LogP contribution < -0.4 is 0 Å². The van der Waals surface area contributed by atoms with Gasteiger partial charge in [-0.3, -0.25) is 0 Å². The molecule has 5 nitrogen and oxygen atoms in total. The third-order valence-corrected chi connectivity index (χ3v) is 3.95. The van der Waals surface area contributed by atoms with Crippen molar-refractivity contribution in [2.24, 2.45) is 7.05 Å². The summed E-state index contributed by atoms with van der Waals surface area (Å²) in [7, 11) is 4.17. The van der Waals surface area contributed by atoms with E-state index in [2.05, 4.69) is 33.0 Å². The number of likely N-dealkylation sites (N-methyl/N-ethyl adjacent to an activating group) is 1. The molecule has 0 unspecified atom stereocenters. The van der Waals surface area contributed by atoms with E-state index >= 15 is 0 Å². The third kappa shape index (κ3) is 2.58. The SMILES string of the molecule is Cc1nc(-c2nccn2C)cc([C@H]2CCCN(C)C2)n1. The Morgan fingerprint density at radius 1 is 1.25 bits per heavy atom. The van der Waals surface area contributed by atoms with E-state index in [1.54, 1.807) is 6.20 Å². The second kappa shape index (κ2) is 5.32. The van der Waals surface area contributed by atoms with Gasteiger partial charge in [0.25, 0.3) is 0 Å². The van der Waals surface area contributed by atoms with E-state index < -0.39 is 0 Å². The van der Waals surface area contributed by atoms with Gasteiger partial charge in [0.05, 0.1) is 0 Å². The molecule has 2 aromatic rings. The molecular formula is C15H21N5. The number of rotatable bonds is 2. The molecule has 0 radical (unpaired) electrons. The van der Waals surface area contributed by atoms with Crippen LogP contribution in [0.5, 0.6) is 0 Å². The second-order valence-electron chi connectivity index (χ2n) is 5.69. The maximum absolute atomic E-state index is 4.66. The number of hydrogen-bond acceptors (Lipinski definition) is 4. The van der Waals surface area contributed by atoms with Crippen LogP contribution in [0.15, 0.2) is 18.5 Å². The zero-order valence-corrected chi connectivity index (χ0v) is 12.4. The molecule has 3 rings (SSSR count). The van der Waals surface area contributed by atoms with Gasteiger partial charge in [0, 0.05) is 37.6 Å². The van der Waals surface area contributed by atoms with Crippen LogP contribution in [0.25, 0.3) is 11.5 Å². The number of nitrogens with zero attached hydrogens (tertiary/aromatic N) is 5. The van der Waals surface area contributed by atoms with E-state index in [0.29, 0.717) is 5.92 Å². The molecule has 5 heteroatoms. The van der Waals surface area contributed by atoms with Gasteiger partial charge in [-0.15, -0.1) is 0 Å². The Kier molecular flexibility index (Phi) is 3.53. The van der Waals surface area contributed by atoms with E-state index in [1.165, 1.54) is 19.4 Å². The van der Waals surface area contributed by atoms with Crippen molar-refractivity contribution in [3.05, 3.63) is 30.0 Å². The highest BCUT2D eigenvalue weighted by Crippen LogP contribution is 2.27. The predicted octanol–water partition coefficient (Wildman–Crippen LogP) is 1.99. The Hall–Kier alpha value is -1.75. The monoisotopic (exact) mass is 271 g/mol. The molecule has 0 amide bonds. The lowest BCUT2D eigenvalue weighted by Crippen LogP contribution is -2.31. The van der Waals surface area contributed by atoms with Gasteiger partial charge in [0.15, 0.2) is 5.82 Å². The number of imidazole rings is 1. The highest BCUT2D eigenvalue weighted by atomic mass is 15.1. The summed E-state index contributed by atoms with van der Waals surface area (Å²) in [6.07, 6.45) is 6.20. The fourth-order valence-corrected chi connectivity index (χ4v) is 2.93. The van der Waals surface area contributed by atoms with E-state index in [1.807, 2.05) is 24.7 Å². The quantitative estimate of drug-likeness (QED) is 0.838. The zero-order chi connectivity index (χ0) is 14.1. The highest BCUT2D eigenvalue weighted by Gasteiger charge is 2.21. The lowest BCUT2D eigenvalue weighted by molar-refractivity contribution is 0.248. The fourth-order valence-electron chi connectivity index (χ4n) is 2.93. The standard InChI is InChI=1S/C15H21N5/c1-11-17-13(12-5-4-7-19(2)10-12)9-14(18-11)15-16-6-8-20(15)3/h6,8-9,12H,4-5,7,10H2,1-3H3/t12-/m0/s1. The molecule has 0 saturated carbocycles. The highest BCUT2D eigenvalue weighted by molar-refractivity contribution is 5.50. The average molecular weight is 271 g/mol. The molecule has 2 aromatic heterocycles. The molecule has 1 atom stereocenters. The second-order valence-corrected chi connectivity index (χ2v) is 5.69. The number of likely N-dealkylation sites (tertiary alicyclic amines) is 1. The van der Waals surface area contributed by atoms with Crippen LogP contribution >= 0.6 is 0 Å². The van der Waals surface area contributed by atoms with Gasteiger partial charge in [-0.1, -0.05) is 0 Å². The fraction of sp³-hybridized carbons (Fsp3) is 0.533. The molecule has 1 fully saturated rings. The molecule has 0 spiro atoms. The Morgan fingerprint density at radius 3 is 2.80 bits per heavy atom. The minimum Gasteiger partial charge on any atom is -0.333 e. The molecule has 1 saturated heterocycles. The molecular weight excluding hydrogens is 250 g/mol. The van der Waals surface area contributed by atoms with Crippen LogP contribution in [0.4, 0.5) is 0 Å². The molecule has 1 aliphatic heterocycles. The van der Waals surface area contributed by atoms with Crippen molar-refractivity contribution in [3.8, 4) is 11.5 Å². The first-order valence-corrected chi connectivity index (χ1v) is 7.15. The Bertz CT molecular complexity index is 604. The number of aryl methyl sites for hydroxylation is 2. The van der Waals surface area contributed by atoms with Crippen LogP contribution in [0.2, 0.25) is 0 Å². The predicted molar refractivity (Wildman–Crippen MR) is 78.4 cm³/mol. The molecule has 0 aliphatic carbocycles. The number of aromatic nitrogens is 4. The van der Waals surface area contributed by atoms with E-state index in [4.69, 9.17) is 0 Å². The molecule has 0 bridgehead atoms. The smallest absolute Gasteiger partial charge is 0.158 e. The molecule has 0 N–H and O–H groups in total.